The fourth-order valence-electron chi connectivity index (χ4n) is 3.73. The molecule has 0 bridgehead atoms. The predicted octanol–water partition coefficient (Wildman–Crippen LogP) is 2.69. The van der Waals surface area contributed by atoms with Crippen LogP contribution in [-0.2, 0) is 19.4 Å². The molecular weight excluding hydrogens is 258 g/mol. The Morgan fingerprint density at radius 3 is 2.86 bits per heavy atom. The molecule has 0 spiro atoms. The minimum Gasteiger partial charge on any atom is -0.312 e. The molecule has 3 aliphatic rings. The molecule has 106 valence electrons. The highest BCUT2D eigenvalue weighted by Crippen LogP contribution is 2.44. The summed E-state index contributed by atoms with van der Waals surface area (Å²) in [6.45, 7) is 2.01. The van der Waals surface area contributed by atoms with Crippen LogP contribution in [0, 0.1) is 0 Å². The Labute approximate surface area is 124 Å². The lowest BCUT2D eigenvalue weighted by molar-refractivity contribution is 0.588. The SMILES string of the molecule is c1ccc2c(c1)CC2c1nc2c(c(C3CC3)n1)CNCC2. The zero-order valence-electron chi connectivity index (χ0n) is 12.1. The summed E-state index contributed by atoms with van der Waals surface area (Å²) in [6, 6.07) is 8.74. The molecule has 0 amide bonds. The summed E-state index contributed by atoms with van der Waals surface area (Å²) in [5.74, 6) is 2.21. The molecule has 0 saturated heterocycles. The first kappa shape index (κ1) is 11.9. The highest BCUT2D eigenvalue weighted by atomic mass is 15.0. The summed E-state index contributed by atoms with van der Waals surface area (Å²) >= 11 is 0. The van der Waals surface area contributed by atoms with Crippen LogP contribution >= 0.6 is 0 Å². The molecule has 1 fully saturated rings. The molecule has 1 atom stereocenters. The van der Waals surface area contributed by atoms with Gasteiger partial charge in [-0.2, -0.15) is 0 Å². The molecule has 21 heavy (non-hydrogen) atoms. The molecule has 2 aliphatic carbocycles. The van der Waals surface area contributed by atoms with Gasteiger partial charge in [-0.25, -0.2) is 9.97 Å². The van der Waals surface area contributed by atoms with Gasteiger partial charge in [0.15, 0.2) is 0 Å². The highest BCUT2D eigenvalue weighted by Gasteiger charge is 2.34. The van der Waals surface area contributed by atoms with Crippen LogP contribution in [0.3, 0.4) is 0 Å². The van der Waals surface area contributed by atoms with E-state index in [9.17, 15) is 0 Å². The van der Waals surface area contributed by atoms with E-state index in [-0.39, 0.29) is 0 Å². The standard InChI is InChI=1S/C18H19N3/c1-2-4-13-12(3-1)9-14(13)18-20-16-7-8-19-10-15(16)17(21-18)11-5-6-11/h1-4,11,14,19H,5-10H2. The van der Waals surface area contributed by atoms with Gasteiger partial charge in [-0.3, -0.25) is 0 Å². The Hall–Kier alpha value is -1.74. The number of aromatic nitrogens is 2. The van der Waals surface area contributed by atoms with Crippen molar-refractivity contribution in [2.45, 2.75) is 44.1 Å². The van der Waals surface area contributed by atoms with Gasteiger partial charge in [0.1, 0.15) is 5.82 Å². The first-order valence-electron chi connectivity index (χ1n) is 8.08. The Morgan fingerprint density at radius 1 is 1.10 bits per heavy atom. The van der Waals surface area contributed by atoms with Crippen LogP contribution in [0.4, 0.5) is 0 Å². The molecule has 1 saturated carbocycles. The Balaban J connectivity index is 1.60. The van der Waals surface area contributed by atoms with Crippen LogP contribution in [0.15, 0.2) is 24.3 Å². The Kier molecular flexibility index (Phi) is 2.47. The fraction of sp³-hybridized carbons (Fsp3) is 0.444. The second-order valence-electron chi connectivity index (χ2n) is 6.55. The van der Waals surface area contributed by atoms with E-state index < -0.39 is 0 Å². The van der Waals surface area contributed by atoms with Crippen LogP contribution in [-0.4, -0.2) is 16.5 Å². The maximum Gasteiger partial charge on any atom is 0.136 e. The van der Waals surface area contributed by atoms with Crippen LogP contribution in [0.2, 0.25) is 0 Å². The fourth-order valence-corrected chi connectivity index (χ4v) is 3.73. The van der Waals surface area contributed by atoms with Crippen molar-refractivity contribution in [3.63, 3.8) is 0 Å². The molecule has 1 N–H and O–H groups in total. The second kappa shape index (κ2) is 4.38. The minimum atomic E-state index is 0.430. The van der Waals surface area contributed by atoms with Crippen molar-refractivity contribution < 1.29 is 0 Å². The molecule has 3 heteroatoms. The molecule has 3 nitrogen and oxygen atoms in total. The molecule has 1 aliphatic heterocycles. The molecule has 0 radical (unpaired) electrons. The molecule has 2 heterocycles. The summed E-state index contributed by atoms with van der Waals surface area (Å²) < 4.78 is 0. The minimum absolute atomic E-state index is 0.430. The van der Waals surface area contributed by atoms with E-state index >= 15 is 0 Å². The molecular formula is C18H19N3. The average Bonchev–Trinajstić information content (AvgIpc) is 3.32. The predicted molar refractivity (Wildman–Crippen MR) is 81.4 cm³/mol. The van der Waals surface area contributed by atoms with Gasteiger partial charge >= 0.3 is 0 Å². The zero-order chi connectivity index (χ0) is 13.8. The topological polar surface area (TPSA) is 37.8 Å². The maximum absolute atomic E-state index is 5.02. The van der Waals surface area contributed by atoms with Crippen LogP contribution in [0.1, 0.15) is 58.6 Å². The number of hydrogen-bond donors (Lipinski definition) is 1. The summed E-state index contributed by atoms with van der Waals surface area (Å²) in [7, 11) is 0. The van der Waals surface area contributed by atoms with Gasteiger partial charge in [0.2, 0.25) is 0 Å². The van der Waals surface area contributed by atoms with E-state index in [0.29, 0.717) is 11.8 Å². The number of nitrogens with zero attached hydrogens (tertiary/aromatic N) is 2. The third-order valence-electron chi connectivity index (χ3n) is 5.11. The zero-order valence-corrected chi connectivity index (χ0v) is 12.1. The monoisotopic (exact) mass is 277 g/mol. The van der Waals surface area contributed by atoms with Crippen LogP contribution < -0.4 is 5.32 Å². The summed E-state index contributed by atoms with van der Waals surface area (Å²) in [4.78, 5) is 9.97. The lowest BCUT2D eigenvalue weighted by atomic mass is 9.77. The first-order chi connectivity index (χ1) is 10.4. The van der Waals surface area contributed by atoms with E-state index in [0.717, 1.165) is 31.8 Å². The number of nitrogens with one attached hydrogen (secondary N) is 1. The van der Waals surface area contributed by atoms with E-state index in [1.165, 1.54) is 40.9 Å². The van der Waals surface area contributed by atoms with Gasteiger partial charge in [-0.15, -0.1) is 0 Å². The molecule has 5 rings (SSSR count). The molecule has 1 aromatic carbocycles. The van der Waals surface area contributed by atoms with Crippen molar-refractivity contribution in [3.05, 3.63) is 58.2 Å². The summed E-state index contributed by atoms with van der Waals surface area (Å²) in [6.07, 6.45) is 4.78. The third kappa shape index (κ3) is 1.84. The number of benzene rings is 1. The van der Waals surface area contributed by atoms with E-state index in [2.05, 4.69) is 29.6 Å². The normalized spacial score (nSPS) is 23.1. The quantitative estimate of drug-likeness (QED) is 0.917. The van der Waals surface area contributed by atoms with Crippen molar-refractivity contribution in [1.82, 2.24) is 15.3 Å². The van der Waals surface area contributed by atoms with Gasteiger partial charge < -0.3 is 5.32 Å². The van der Waals surface area contributed by atoms with E-state index in [4.69, 9.17) is 9.97 Å². The maximum atomic E-state index is 5.02. The van der Waals surface area contributed by atoms with Crippen molar-refractivity contribution in [2.24, 2.45) is 0 Å². The lowest BCUT2D eigenvalue weighted by Gasteiger charge is -2.30. The van der Waals surface area contributed by atoms with Gasteiger partial charge in [-0.05, 0) is 30.4 Å². The van der Waals surface area contributed by atoms with Crippen molar-refractivity contribution >= 4 is 0 Å². The summed E-state index contributed by atoms with van der Waals surface area (Å²) in [5, 5.41) is 3.48. The summed E-state index contributed by atoms with van der Waals surface area (Å²) in [5.41, 5.74) is 6.98. The van der Waals surface area contributed by atoms with Gasteiger partial charge in [0.05, 0.1) is 11.4 Å². The highest BCUT2D eigenvalue weighted by molar-refractivity contribution is 5.45. The van der Waals surface area contributed by atoms with E-state index in [1.54, 1.807) is 0 Å². The Bertz CT molecular complexity index is 718. The van der Waals surface area contributed by atoms with Gasteiger partial charge in [-0.1, -0.05) is 24.3 Å². The van der Waals surface area contributed by atoms with Crippen molar-refractivity contribution in [3.8, 4) is 0 Å². The van der Waals surface area contributed by atoms with Gasteiger partial charge in [0, 0.05) is 36.9 Å². The van der Waals surface area contributed by atoms with Crippen LogP contribution in [0.5, 0.6) is 0 Å². The van der Waals surface area contributed by atoms with Crippen LogP contribution in [0.25, 0.3) is 0 Å². The molecule has 1 aromatic heterocycles. The molecule has 1 unspecified atom stereocenters. The smallest absolute Gasteiger partial charge is 0.136 e. The number of hydrogen-bond acceptors (Lipinski definition) is 3. The average molecular weight is 277 g/mol. The Morgan fingerprint density at radius 2 is 2.00 bits per heavy atom. The molecule has 2 aromatic rings. The number of rotatable bonds is 2. The largest absolute Gasteiger partial charge is 0.312 e. The number of fused-ring (bicyclic) bond motifs is 2. The van der Waals surface area contributed by atoms with Crippen molar-refractivity contribution in [1.29, 1.82) is 0 Å². The second-order valence-corrected chi connectivity index (χ2v) is 6.55. The van der Waals surface area contributed by atoms with Crippen molar-refractivity contribution in [2.75, 3.05) is 6.54 Å². The van der Waals surface area contributed by atoms with E-state index in [1.807, 2.05) is 0 Å². The van der Waals surface area contributed by atoms with Gasteiger partial charge in [0.25, 0.3) is 0 Å². The first-order valence-corrected chi connectivity index (χ1v) is 8.08. The third-order valence-corrected chi connectivity index (χ3v) is 5.11. The lowest BCUT2D eigenvalue weighted by Crippen LogP contribution is -2.29.